The van der Waals surface area contributed by atoms with E-state index in [4.69, 9.17) is 0 Å². The zero-order valence-electron chi connectivity index (χ0n) is 9.49. The van der Waals surface area contributed by atoms with Gasteiger partial charge in [-0.2, -0.15) is 0 Å². The predicted octanol–water partition coefficient (Wildman–Crippen LogP) is 1.15. The number of aromatic nitrogens is 1. The van der Waals surface area contributed by atoms with Crippen LogP contribution in [0.15, 0.2) is 30.5 Å². The molecule has 0 saturated carbocycles. The Morgan fingerprint density at radius 1 is 1.35 bits per heavy atom. The van der Waals surface area contributed by atoms with Crippen molar-refractivity contribution >= 4 is 16.8 Å². The lowest BCUT2D eigenvalue weighted by Crippen LogP contribution is -2.30. The summed E-state index contributed by atoms with van der Waals surface area (Å²) in [6, 6.07) is 8.51. The summed E-state index contributed by atoms with van der Waals surface area (Å²) in [5, 5.41) is 7.48. The number of benzene rings is 1. The number of H-pyrrole nitrogens is 1. The van der Waals surface area contributed by atoms with Crippen LogP contribution in [-0.2, 0) is 11.3 Å². The van der Waals surface area contributed by atoms with E-state index in [0.29, 0.717) is 6.42 Å². The highest BCUT2D eigenvalue weighted by Crippen LogP contribution is 2.17. The summed E-state index contributed by atoms with van der Waals surface area (Å²) in [5.41, 5.74) is 2.41. The van der Waals surface area contributed by atoms with Gasteiger partial charge in [-0.15, -0.1) is 0 Å². The van der Waals surface area contributed by atoms with E-state index in [1.165, 1.54) is 10.9 Å². The van der Waals surface area contributed by atoms with Gasteiger partial charge in [0.2, 0.25) is 5.91 Å². The minimum absolute atomic E-state index is 0.140. The largest absolute Gasteiger partial charge is 0.361 e. The van der Waals surface area contributed by atoms with Crippen LogP contribution in [0.25, 0.3) is 10.9 Å². The van der Waals surface area contributed by atoms with Crippen LogP contribution in [0.3, 0.4) is 0 Å². The normalized spacial score (nSPS) is 19.8. The Bertz CT molecular complexity index is 546. The number of rotatable bonds is 3. The maximum Gasteiger partial charge on any atom is 0.221 e. The van der Waals surface area contributed by atoms with Gasteiger partial charge >= 0.3 is 0 Å². The van der Waals surface area contributed by atoms with Crippen LogP contribution in [0, 0.1) is 0 Å². The Morgan fingerprint density at radius 3 is 3.06 bits per heavy atom. The monoisotopic (exact) mass is 229 g/mol. The van der Waals surface area contributed by atoms with Gasteiger partial charge in [-0.1, -0.05) is 18.2 Å². The maximum atomic E-state index is 11.1. The summed E-state index contributed by atoms with van der Waals surface area (Å²) in [5.74, 6) is 0.140. The number of hydrogen-bond donors (Lipinski definition) is 3. The molecule has 0 bridgehead atoms. The highest BCUT2D eigenvalue weighted by molar-refractivity contribution is 5.83. The highest BCUT2D eigenvalue weighted by atomic mass is 16.1. The van der Waals surface area contributed by atoms with Crippen molar-refractivity contribution in [2.45, 2.75) is 19.0 Å². The molecule has 4 heteroatoms. The van der Waals surface area contributed by atoms with E-state index in [9.17, 15) is 4.79 Å². The van der Waals surface area contributed by atoms with Gasteiger partial charge in [-0.3, -0.25) is 4.79 Å². The first-order chi connectivity index (χ1) is 8.33. The molecule has 1 aromatic heterocycles. The summed E-state index contributed by atoms with van der Waals surface area (Å²) >= 11 is 0. The molecule has 0 aliphatic carbocycles. The highest BCUT2D eigenvalue weighted by Gasteiger charge is 2.20. The second-order valence-electron chi connectivity index (χ2n) is 4.45. The minimum atomic E-state index is 0.140. The number of amides is 1. The topological polar surface area (TPSA) is 56.9 Å². The molecule has 1 aromatic carbocycles. The second kappa shape index (κ2) is 4.22. The molecular formula is C13H15N3O. The molecule has 1 amide bonds. The second-order valence-corrected chi connectivity index (χ2v) is 4.45. The number of para-hydroxylation sites is 1. The van der Waals surface area contributed by atoms with Crippen molar-refractivity contribution in [3.05, 3.63) is 36.0 Å². The number of carbonyl (C=O) groups excluding carboxylic acids is 1. The first-order valence-electron chi connectivity index (χ1n) is 5.88. The molecule has 0 radical (unpaired) electrons. The van der Waals surface area contributed by atoms with Gasteiger partial charge < -0.3 is 15.6 Å². The zero-order valence-corrected chi connectivity index (χ0v) is 9.49. The quantitative estimate of drug-likeness (QED) is 0.739. The number of hydrogen-bond acceptors (Lipinski definition) is 2. The SMILES string of the molecule is O=C1CC(NCc2c[nH]c3ccccc23)CN1. The molecule has 1 unspecified atom stereocenters. The smallest absolute Gasteiger partial charge is 0.221 e. The third-order valence-corrected chi connectivity index (χ3v) is 3.23. The third-order valence-electron chi connectivity index (χ3n) is 3.23. The molecule has 2 heterocycles. The van der Waals surface area contributed by atoms with Gasteiger partial charge in [0.25, 0.3) is 0 Å². The molecule has 1 fully saturated rings. The zero-order chi connectivity index (χ0) is 11.7. The Balaban J connectivity index is 1.71. The van der Waals surface area contributed by atoms with Gasteiger partial charge in [-0.25, -0.2) is 0 Å². The fourth-order valence-electron chi connectivity index (χ4n) is 2.28. The lowest BCUT2D eigenvalue weighted by atomic mass is 10.1. The van der Waals surface area contributed by atoms with Crippen molar-refractivity contribution in [2.75, 3.05) is 6.54 Å². The maximum absolute atomic E-state index is 11.1. The average Bonchev–Trinajstić information content (AvgIpc) is 2.93. The summed E-state index contributed by atoms with van der Waals surface area (Å²) in [6.45, 7) is 1.53. The standard InChI is InChI=1S/C13H15N3O/c17-13-5-10(8-16-13)14-6-9-7-15-12-4-2-1-3-11(9)12/h1-4,7,10,14-15H,5-6,8H2,(H,16,17). The molecule has 17 heavy (non-hydrogen) atoms. The van der Waals surface area contributed by atoms with E-state index < -0.39 is 0 Å². The summed E-state index contributed by atoms with van der Waals surface area (Å²) in [6.07, 6.45) is 2.62. The van der Waals surface area contributed by atoms with Crippen LogP contribution in [0.5, 0.6) is 0 Å². The lowest BCUT2D eigenvalue weighted by Gasteiger charge is -2.09. The van der Waals surface area contributed by atoms with Crippen LogP contribution < -0.4 is 10.6 Å². The number of aromatic amines is 1. The van der Waals surface area contributed by atoms with E-state index >= 15 is 0 Å². The third kappa shape index (κ3) is 2.03. The van der Waals surface area contributed by atoms with E-state index in [-0.39, 0.29) is 11.9 Å². The fourth-order valence-corrected chi connectivity index (χ4v) is 2.28. The van der Waals surface area contributed by atoms with E-state index in [1.54, 1.807) is 0 Å². The van der Waals surface area contributed by atoms with Crippen molar-refractivity contribution in [1.82, 2.24) is 15.6 Å². The van der Waals surface area contributed by atoms with E-state index in [1.807, 2.05) is 18.3 Å². The van der Waals surface area contributed by atoms with Gasteiger partial charge in [0.1, 0.15) is 0 Å². The van der Waals surface area contributed by atoms with Crippen LogP contribution in [0.4, 0.5) is 0 Å². The van der Waals surface area contributed by atoms with Gasteiger partial charge in [0.15, 0.2) is 0 Å². The molecule has 0 spiro atoms. The number of nitrogens with one attached hydrogen (secondary N) is 3. The van der Waals surface area contributed by atoms with Crippen LogP contribution in [0.2, 0.25) is 0 Å². The van der Waals surface area contributed by atoms with Crippen LogP contribution in [0.1, 0.15) is 12.0 Å². The van der Waals surface area contributed by atoms with Crippen molar-refractivity contribution < 1.29 is 4.79 Å². The minimum Gasteiger partial charge on any atom is -0.361 e. The lowest BCUT2D eigenvalue weighted by molar-refractivity contribution is -0.119. The van der Waals surface area contributed by atoms with Gasteiger partial charge in [0.05, 0.1) is 0 Å². The summed E-state index contributed by atoms with van der Waals surface area (Å²) < 4.78 is 0. The molecule has 1 saturated heterocycles. The van der Waals surface area contributed by atoms with E-state index in [2.05, 4.69) is 27.8 Å². The Morgan fingerprint density at radius 2 is 2.24 bits per heavy atom. The van der Waals surface area contributed by atoms with Crippen LogP contribution >= 0.6 is 0 Å². The Labute approximate surface area is 99.4 Å². The predicted molar refractivity (Wildman–Crippen MR) is 66.6 cm³/mol. The van der Waals surface area contributed by atoms with Crippen molar-refractivity contribution in [1.29, 1.82) is 0 Å². The van der Waals surface area contributed by atoms with Gasteiger partial charge in [0, 0.05) is 42.7 Å². The molecule has 4 nitrogen and oxygen atoms in total. The number of carbonyl (C=O) groups is 1. The van der Waals surface area contributed by atoms with Crippen molar-refractivity contribution in [3.8, 4) is 0 Å². The van der Waals surface area contributed by atoms with E-state index in [0.717, 1.165) is 18.6 Å². The molecule has 88 valence electrons. The summed E-state index contributed by atoms with van der Waals surface area (Å²) in [7, 11) is 0. The average molecular weight is 229 g/mol. The van der Waals surface area contributed by atoms with Crippen LogP contribution in [-0.4, -0.2) is 23.5 Å². The molecule has 1 atom stereocenters. The summed E-state index contributed by atoms with van der Waals surface area (Å²) in [4.78, 5) is 14.3. The molecule has 3 N–H and O–H groups in total. The molecule has 1 aliphatic heterocycles. The van der Waals surface area contributed by atoms with Gasteiger partial charge in [-0.05, 0) is 11.6 Å². The molecule has 1 aliphatic rings. The number of fused-ring (bicyclic) bond motifs is 1. The Kier molecular flexibility index (Phi) is 2.57. The van der Waals surface area contributed by atoms with Crippen molar-refractivity contribution in [2.24, 2.45) is 0 Å². The fraction of sp³-hybridized carbons (Fsp3) is 0.308. The Hall–Kier alpha value is -1.81. The first kappa shape index (κ1) is 10.4. The molecular weight excluding hydrogens is 214 g/mol. The molecule has 2 aromatic rings. The van der Waals surface area contributed by atoms with Crippen molar-refractivity contribution in [3.63, 3.8) is 0 Å². The molecule has 3 rings (SSSR count). The first-order valence-corrected chi connectivity index (χ1v) is 5.88.